The minimum absolute atomic E-state index is 0.0941. The second-order valence-corrected chi connectivity index (χ2v) is 7.76. The maximum atomic E-state index is 12.6. The van der Waals surface area contributed by atoms with Crippen LogP contribution in [0.3, 0.4) is 0 Å². The van der Waals surface area contributed by atoms with Crippen LogP contribution >= 0.6 is 0 Å². The number of fused-ring (bicyclic) bond motifs is 1. The van der Waals surface area contributed by atoms with Crippen molar-refractivity contribution in [3.8, 4) is 0 Å². The number of imidazole rings is 1. The van der Waals surface area contributed by atoms with Gasteiger partial charge in [-0.2, -0.15) is 17.0 Å². The van der Waals surface area contributed by atoms with Gasteiger partial charge in [-0.25, -0.2) is 4.98 Å². The van der Waals surface area contributed by atoms with Crippen molar-refractivity contribution in [1.29, 1.82) is 0 Å². The number of H-pyrrole nitrogens is 1. The number of nitrogens with zero attached hydrogens (tertiary/aromatic N) is 4. The molecule has 0 bridgehead atoms. The van der Waals surface area contributed by atoms with Gasteiger partial charge in [-0.3, -0.25) is 4.79 Å². The monoisotopic (exact) mass is 337 g/mol. The number of rotatable bonds is 3. The molecule has 0 atom stereocenters. The SMILES string of the molecule is CN(C)S(=O)(=O)N1CCN(C(=O)c2ccc3nc[nH]c3c2)CC1. The van der Waals surface area contributed by atoms with Gasteiger partial charge in [0.05, 0.1) is 17.4 Å². The Morgan fingerprint density at radius 1 is 1.22 bits per heavy atom. The lowest BCUT2D eigenvalue weighted by Gasteiger charge is -2.35. The van der Waals surface area contributed by atoms with Crippen LogP contribution in [0, 0.1) is 0 Å². The summed E-state index contributed by atoms with van der Waals surface area (Å²) in [6.45, 7) is 1.37. The van der Waals surface area contributed by atoms with E-state index in [-0.39, 0.29) is 5.91 Å². The lowest BCUT2D eigenvalue weighted by atomic mass is 10.1. The molecule has 124 valence electrons. The molecule has 0 radical (unpaired) electrons. The lowest BCUT2D eigenvalue weighted by Crippen LogP contribution is -2.53. The summed E-state index contributed by atoms with van der Waals surface area (Å²) >= 11 is 0. The Labute approximate surface area is 134 Å². The van der Waals surface area contributed by atoms with E-state index in [0.717, 1.165) is 11.0 Å². The standard InChI is InChI=1S/C14H19N5O3S/c1-17(2)23(21,22)19-7-5-18(6-8-19)14(20)11-3-4-12-13(9-11)16-10-15-12/h3-4,9-10H,5-8H2,1-2H3,(H,15,16). The molecule has 0 saturated carbocycles. The summed E-state index contributed by atoms with van der Waals surface area (Å²) in [5.74, 6) is -0.0941. The quantitative estimate of drug-likeness (QED) is 0.862. The lowest BCUT2D eigenvalue weighted by molar-refractivity contribution is 0.0695. The van der Waals surface area contributed by atoms with Gasteiger partial charge in [-0.1, -0.05) is 0 Å². The average molecular weight is 337 g/mol. The Bertz CT molecular complexity index is 822. The summed E-state index contributed by atoms with van der Waals surface area (Å²) in [6, 6.07) is 5.31. The van der Waals surface area contributed by atoms with Crippen LogP contribution in [0.1, 0.15) is 10.4 Å². The molecule has 2 aromatic rings. The van der Waals surface area contributed by atoms with Gasteiger partial charge in [0.1, 0.15) is 0 Å². The number of aromatic nitrogens is 2. The highest BCUT2D eigenvalue weighted by Gasteiger charge is 2.30. The second-order valence-electron chi connectivity index (χ2n) is 5.62. The van der Waals surface area contributed by atoms with Gasteiger partial charge in [0.15, 0.2) is 0 Å². The Kier molecular flexibility index (Phi) is 4.09. The molecule has 0 aliphatic carbocycles. The van der Waals surface area contributed by atoms with Gasteiger partial charge in [0.25, 0.3) is 16.1 Å². The normalized spacial score (nSPS) is 17.1. The van der Waals surface area contributed by atoms with Crippen molar-refractivity contribution in [1.82, 2.24) is 23.5 Å². The molecule has 9 heteroatoms. The van der Waals surface area contributed by atoms with E-state index in [0.29, 0.717) is 31.7 Å². The maximum Gasteiger partial charge on any atom is 0.281 e. The summed E-state index contributed by atoms with van der Waals surface area (Å²) in [5.41, 5.74) is 2.19. The van der Waals surface area contributed by atoms with E-state index in [1.165, 1.54) is 22.7 Å². The van der Waals surface area contributed by atoms with Crippen molar-refractivity contribution in [3.05, 3.63) is 30.1 Å². The van der Waals surface area contributed by atoms with E-state index in [4.69, 9.17) is 0 Å². The highest BCUT2D eigenvalue weighted by atomic mass is 32.2. The number of carbonyl (C=O) groups is 1. The Morgan fingerprint density at radius 2 is 1.91 bits per heavy atom. The molecule has 1 aromatic carbocycles. The van der Waals surface area contributed by atoms with Gasteiger partial charge in [-0.05, 0) is 18.2 Å². The van der Waals surface area contributed by atoms with Crippen LogP contribution in [0.15, 0.2) is 24.5 Å². The Morgan fingerprint density at radius 3 is 2.57 bits per heavy atom. The highest BCUT2D eigenvalue weighted by molar-refractivity contribution is 7.86. The fourth-order valence-electron chi connectivity index (χ4n) is 2.60. The zero-order valence-corrected chi connectivity index (χ0v) is 13.9. The number of benzene rings is 1. The zero-order chi connectivity index (χ0) is 16.6. The fraction of sp³-hybridized carbons (Fsp3) is 0.429. The smallest absolute Gasteiger partial charge is 0.281 e. The molecule has 1 fully saturated rings. The van der Waals surface area contributed by atoms with Gasteiger partial charge in [0.2, 0.25) is 0 Å². The van der Waals surface area contributed by atoms with E-state index < -0.39 is 10.2 Å². The van der Waals surface area contributed by atoms with E-state index >= 15 is 0 Å². The molecule has 1 amide bonds. The first-order valence-electron chi connectivity index (χ1n) is 7.29. The van der Waals surface area contributed by atoms with E-state index in [1.54, 1.807) is 29.4 Å². The van der Waals surface area contributed by atoms with Crippen molar-refractivity contribution < 1.29 is 13.2 Å². The van der Waals surface area contributed by atoms with Crippen LogP contribution in [0.25, 0.3) is 11.0 Å². The first-order chi connectivity index (χ1) is 10.9. The molecule has 2 heterocycles. The fourth-order valence-corrected chi connectivity index (χ4v) is 3.69. The van der Waals surface area contributed by atoms with E-state index in [1.807, 2.05) is 0 Å². The summed E-state index contributed by atoms with van der Waals surface area (Å²) in [6.07, 6.45) is 1.59. The number of amides is 1. The molecule has 1 saturated heterocycles. The Hall–Kier alpha value is -1.97. The molecule has 1 aliphatic heterocycles. The third-order valence-electron chi connectivity index (χ3n) is 3.98. The minimum Gasteiger partial charge on any atom is -0.345 e. The van der Waals surface area contributed by atoms with E-state index in [2.05, 4.69) is 9.97 Å². The van der Waals surface area contributed by atoms with Crippen LogP contribution in [-0.2, 0) is 10.2 Å². The van der Waals surface area contributed by atoms with Crippen LogP contribution in [0.4, 0.5) is 0 Å². The molecular weight excluding hydrogens is 318 g/mol. The molecule has 0 unspecified atom stereocenters. The molecule has 3 rings (SSSR count). The van der Waals surface area contributed by atoms with Gasteiger partial charge >= 0.3 is 0 Å². The van der Waals surface area contributed by atoms with Crippen molar-refractivity contribution in [2.45, 2.75) is 0 Å². The number of piperazine rings is 1. The van der Waals surface area contributed by atoms with Gasteiger partial charge in [-0.15, -0.1) is 0 Å². The van der Waals surface area contributed by atoms with Crippen molar-refractivity contribution >= 4 is 27.1 Å². The first kappa shape index (κ1) is 15.9. The third-order valence-corrected chi connectivity index (χ3v) is 5.92. The van der Waals surface area contributed by atoms with Gasteiger partial charge in [0, 0.05) is 45.8 Å². The molecule has 1 aromatic heterocycles. The first-order valence-corrected chi connectivity index (χ1v) is 8.69. The summed E-state index contributed by atoms with van der Waals surface area (Å²) in [7, 11) is -0.407. The zero-order valence-electron chi connectivity index (χ0n) is 13.1. The third kappa shape index (κ3) is 2.94. The Balaban J connectivity index is 1.71. The van der Waals surface area contributed by atoms with Gasteiger partial charge < -0.3 is 9.88 Å². The molecule has 8 nitrogen and oxygen atoms in total. The number of hydrogen-bond donors (Lipinski definition) is 1. The largest absolute Gasteiger partial charge is 0.345 e. The number of nitrogens with one attached hydrogen (secondary N) is 1. The molecule has 1 aliphatic rings. The number of carbonyl (C=O) groups excluding carboxylic acids is 1. The summed E-state index contributed by atoms with van der Waals surface area (Å²) in [5, 5.41) is 0. The van der Waals surface area contributed by atoms with Crippen LogP contribution in [-0.4, -0.2) is 78.1 Å². The highest BCUT2D eigenvalue weighted by Crippen LogP contribution is 2.16. The second kappa shape index (κ2) is 5.91. The average Bonchev–Trinajstić information content (AvgIpc) is 3.01. The number of hydrogen-bond acceptors (Lipinski definition) is 4. The predicted octanol–water partition coefficient (Wildman–Crippen LogP) is 0.127. The molecule has 1 N–H and O–H groups in total. The van der Waals surface area contributed by atoms with Crippen LogP contribution in [0.2, 0.25) is 0 Å². The number of aromatic amines is 1. The molecule has 23 heavy (non-hydrogen) atoms. The van der Waals surface area contributed by atoms with E-state index in [9.17, 15) is 13.2 Å². The van der Waals surface area contributed by atoms with Crippen molar-refractivity contribution in [2.75, 3.05) is 40.3 Å². The maximum absolute atomic E-state index is 12.6. The van der Waals surface area contributed by atoms with Crippen molar-refractivity contribution in [3.63, 3.8) is 0 Å². The summed E-state index contributed by atoms with van der Waals surface area (Å²) < 4.78 is 26.8. The molecular formula is C14H19N5O3S. The predicted molar refractivity (Wildman–Crippen MR) is 86.2 cm³/mol. The van der Waals surface area contributed by atoms with Crippen molar-refractivity contribution in [2.24, 2.45) is 0 Å². The molecule has 0 spiro atoms. The van der Waals surface area contributed by atoms with Crippen LogP contribution < -0.4 is 0 Å². The minimum atomic E-state index is -3.42. The van der Waals surface area contributed by atoms with Crippen LogP contribution in [0.5, 0.6) is 0 Å². The topological polar surface area (TPSA) is 89.6 Å². The summed E-state index contributed by atoms with van der Waals surface area (Å²) in [4.78, 5) is 21.4.